The third-order valence-electron chi connectivity index (χ3n) is 3.40. The van der Waals surface area contributed by atoms with E-state index in [9.17, 15) is 0 Å². The lowest BCUT2D eigenvalue weighted by atomic mass is 10.0. The van der Waals surface area contributed by atoms with Gasteiger partial charge in [0.05, 0.1) is 0 Å². The summed E-state index contributed by atoms with van der Waals surface area (Å²) < 4.78 is 0. The van der Waals surface area contributed by atoms with E-state index >= 15 is 0 Å². The van der Waals surface area contributed by atoms with Gasteiger partial charge in [-0.25, -0.2) is 0 Å². The molecule has 0 rings (SSSR count). The Morgan fingerprint density at radius 1 is 0.647 bits per heavy atom. The second kappa shape index (κ2) is 14.6. The van der Waals surface area contributed by atoms with Crippen LogP contribution in [0.15, 0.2) is 0 Å². The van der Waals surface area contributed by atoms with E-state index < -0.39 is 0 Å². The van der Waals surface area contributed by atoms with Gasteiger partial charge < -0.3 is 0 Å². The molecule has 0 N–H and O–H groups in total. The summed E-state index contributed by atoms with van der Waals surface area (Å²) in [6, 6.07) is 0. The molecule has 0 saturated carbocycles. The molecule has 0 fully saturated rings. The van der Waals surface area contributed by atoms with E-state index in [0.717, 1.165) is 11.8 Å². The van der Waals surface area contributed by atoms with Gasteiger partial charge in [0.25, 0.3) is 0 Å². The van der Waals surface area contributed by atoms with Crippen molar-refractivity contribution in [1.82, 2.24) is 0 Å². The topological polar surface area (TPSA) is 0 Å². The van der Waals surface area contributed by atoms with Crippen molar-refractivity contribution in [3.05, 3.63) is 0 Å². The first-order chi connectivity index (χ1) is 8.35. The minimum atomic E-state index is 0.535. The van der Waals surface area contributed by atoms with Crippen LogP contribution in [0.25, 0.3) is 0 Å². The average Bonchev–Trinajstić information content (AvgIpc) is 2.36. The zero-order chi connectivity index (χ0) is 12.8. The first-order valence-corrected chi connectivity index (χ1v) is 8.54. The highest BCUT2D eigenvalue weighted by Crippen LogP contribution is 2.15. The third kappa shape index (κ3) is 12.8. The van der Waals surface area contributed by atoms with Gasteiger partial charge in [-0.05, 0) is 12.3 Å². The van der Waals surface area contributed by atoms with Crippen LogP contribution in [-0.4, -0.2) is 11.8 Å². The van der Waals surface area contributed by atoms with Gasteiger partial charge in [0.15, 0.2) is 0 Å². The van der Waals surface area contributed by atoms with Gasteiger partial charge in [-0.2, -0.15) is 0 Å². The van der Waals surface area contributed by atoms with Crippen LogP contribution < -0.4 is 0 Å². The third-order valence-corrected chi connectivity index (χ3v) is 4.28. The second-order valence-electron chi connectivity index (χ2n) is 5.15. The number of hydrogen-bond donors (Lipinski definition) is 0. The van der Waals surface area contributed by atoms with Crippen molar-refractivity contribution in [2.75, 3.05) is 11.8 Å². The molecule has 0 aliphatic heterocycles. The maximum atomic E-state index is 5.81. The van der Waals surface area contributed by atoms with Crippen LogP contribution in [0.2, 0.25) is 0 Å². The Labute approximate surface area is 118 Å². The van der Waals surface area contributed by atoms with Crippen molar-refractivity contribution >= 4 is 23.2 Å². The van der Waals surface area contributed by atoms with Gasteiger partial charge in [0.1, 0.15) is 0 Å². The summed E-state index contributed by atoms with van der Waals surface area (Å²) in [5, 5.41) is 0. The van der Waals surface area contributed by atoms with Gasteiger partial charge in [0.2, 0.25) is 0 Å². The van der Waals surface area contributed by atoms with Crippen molar-refractivity contribution in [3.8, 4) is 0 Å². The van der Waals surface area contributed by atoms with Crippen molar-refractivity contribution in [3.63, 3.8) is 0 Å². The standard InChI is InChI=1S/C15H30Cl2/c1-2-3-4-5-6-7-8-9-10-11-12-15(13-16)14-17/h15H,2-14H2,1H3. The molecule has 0 amide bonds. The Hall–Kier alpha value is 0.580. The normalized spacial score (nSPS) is 11.3. The van der Waals surface area contributed by atoms with Crippen LogP contribution in [0.5, 0.6) is 0 Å². The van der Waals surface area contributed by atoms with Gasteiger partial charge in [-0.1, -0.05) is 71.1 Å². The summed E-state index contributed by atoms with van der Waals surface area (Å²) in [6.07, 6.45) is 15.2. The molecule has 0 bridgehead atoms. The fourth-order valence-corrected chi connectivity index (χ4v) is 2.75. The summed E-state index contributed by atoms with van der Waals surface area (Å²) in [6.45, 7) is 2.27. The number of halogens is 2. The molecule has 0 spiro atoms. The molecule has 0 aliphatic carbocycles. The molecule has 2 heteroatoms. The highest BCUT2D eigenvalue weighted by Gasteiger charge is 2.04. The molecule has 0 unspecified atom stereocenters. The van der Waals surface area contributed by atoms with Crippen LogP contribution in [0.4, 0.5) is 0 Å². The molecule has 0 nitrogen and oxygen atoms in total. The molecule has 0 saturated heterocycles. The molecule has 0 aromatic carbocycles. The fraction of sp³-hybridized carbons (Fsp3) is 1.00. The highest BCUT2D eigenvalue weighted by atomic mass is 35.5. The summed E-state index contributed by atoms with van der Waals surface area (Å²) >= 11 is 11.6. The van der Waals surface area contributed by atoms with Crippen molar-refractivity contribution in [2.24, 2.45) is 5.92 Å². The summed E-state index contributed by atoms with van der Waals surface area (Å²) in [5.41, 5.74) is 0. The minimum absolute atomic E-state index is 0.535. The van der Waals surface area contributed by atoms with Crippen LogP contribution >= 0.6 is 23.2 Å². The minimum Gasteiger partial charge on any atom is -0.126 e. The van der Waals surface area contributed by atoms with E-state index in [2.05, 4.69) is 6.92 Å². The van der Waals surface area contributed by atoms with E-state index in [0.29, 0.717) is 5.92 Å². The number of unbranched alkanes of at least 4 members (excludes halogenated alkanes) is 9. The molecule has 0 radical (unpaired) electrons. The monoisotopic (exact) mass is 280 g/mol. The zero-order valence-electron chi connectivity index (χ0n) is 11.5. The predicted octanol–water partition coefficient (Wildman–Crippen LogP) is 6.39. The zero-order valence-corrected chi connectivity index (χ0v) is 13.0. The molecule has 0 aromatic heterocycles. The molecular weight excluding hydrogens is 251 g/mol. The molecule has 0 heterocycles. The van der Waals surface area contributed by atoms with Gasteiger partial charge >= 0.3 is 0 Å². The summed E-state index contributed by atoms with van der Waals surface area (Å²) in [7, 11) is 0. The van der Waals surface area contributed by atoms with Crippen LogP contribution in [-0.2, 0) is 0 Å². The van der Waals surface area contributed by atoms with Gasteiger partial charge in [-0.3, -0.25) is 0 Å². The maximum absolute atomic E-state index is 5.81. The maximum Gasteiger partial charge on any atom is 0.0263 e. The molecule has 0 aromatic rings. The molecule has 17 heavy (non-hydrogen) atoms. The summed E-state index contributed by atoms with van der Waals surface area (Å²) in [4.78, 5) is 0. The number of hydrogen-bond acceptors (Lipinski definition) is 0. The lowest BCUT2D eigenvalue weighted by molar-refractivity contribution is 0.511. The average molecular weight is 281 g/mol. The molecule has 0 atom stereocenters. The predicted molar refractivity (Wildman–Crippen MR) is 81.4 cm³/mol. The van der Waals surface area contributed by atoms with Crippen LogP contribution in [0.3, 0.4) is 0 Å². The van der Waals surface area contributed by atoms with Gasteiger partial charge in [-0.15, -0.1) is 23.2 Å². The fourth-order valence-electron chi connectivity index (χ4n) is 2.12. The Bertz CT molecular complexity index is 133. The molecule has 0 aliphatic rings. The van der Waals surface area contributed by atoms with E-state index in [1.165, 1.54) is 70.6 Å². The van der Waals surface area contributed by atoms with E-state index in [1.54, 1.807) is 0 Å². The Morgan fingerprint density at radius 2 is 1.06 bits per heavy atom. The van der Waals surface area contributed by atoms with Gasteiger partial charge in [0, 0.05) is 11.8 Å². The highest BCUT2D eigenvalue weighted by molar-refractivity contribution is 6.20. The lowest BCUT2D eigenvalue weighted by Crippen LogP contribution is -2.03. The van der Waals surface area contributed by atoms with Crippen LogP contribution in [0.1, 0.15) is 77.6 Å². The van der Waals surface area contributed by atoms with E-state index in [1.807, 2.05) is 0 Å². The Balaban J connectivity index is 3.03. The summed E-state index contributed by atoms with van der Waals surface area (Å²) in [5.74, 6) is 1.98. The quantitative estimate of drug-likeness (QED) is 0.271. The molecular formula is C15H30Cl2. The Kier molecular flexibility index (Phi) is 15.1. The van der Waals surface area contributed by atoms with Crippen molar-refractivity contribution in [1.29, 1.82) is 0 Å². The van der Waals surface area contributed by atoms with Crippen molar-refractivity contribution < 1.29 is 0 Å². The first kappa shape index (κ1) is 17.6. The first-order valence-electron chi connectivity index (χ1n) is 7.47. The van der Waals surface area contributed by atoms with Crippen LogP contribution in [0, 0.1) is 5.92 Å². The van der Waals surface area contributed by atoms with E-state index in [-0.39, 0.29) is 0 Å². The van der Waals surface area contributed by atoms with E-state index in [4.69, 9.17) is 23.2 Å². The lowest BCUT2D eigenvalue weighted by Gasteiger charge is -2.09. The molecule has 104 valence electrons. The van der Waals surface area contributed by atoms with Crippen molar-refractivity contribution in [2.45, 2.75) is 77.6 Å². The largest absolute Gasteiger partial charge is 0.126 e. The number of rotatable bonds is 13. The SMILES string of the molecule is CCCCCCCCCCCCC(CCl)CCl. The number of alkyl halides is 2. The smallest absolute Gasteiger partial charge is 0.0263 e. The Morgan fingerprint density at radius 3 is 1.47 bits per heavy atom. The second-order valence-corrected chi connectivity index (χ2v) is 5.76.